The summed E-state index contributed by atoms with van der Waals surface area (Å²) in [5.41, 5.74) is 2.01. The Hall–Kier alpha value is -5.00. The molecule has 8 rings (SSSR count). The number of aryl methyl sites for hydroxylation is 1. The molecule has 306 valence electrons. The van der Waals surface area contributed by atoms with E-state index in [9.17, 15) is 28.8 Å². The standard InChI is InChI=1S/C41H47BrFN9O6/c1-47-22-27(19-28(23-47)45-32-21-44-48(2)40(58)35(32)42)25-3-5-26(6-4-25)37(55)51-13-11-41(43,12-14-51)24-49-15-17-50(18-16-49)29-7-8-30-31(20-29)39(57)52(38(30)56)33-9-10-34(53)46-36(33)54/h3-8,20-21,27-28,33,45H,9-19,22-24H2,1-2H3,(H,46,53,54). The maximum absolute atomic E-state index is 16.3. The van der Waals surface area contributed by atoms with E-state index in [2.05, 4.69) is 53.4 Å². The van der Waals surface area contributed by atoms with Crippen molar-refractivity contribution in [3.8, 4) is 0 Å². The third kappa shape index (κ3) is 7.91. The van der Waals surface area contributed by atoms with E-state index >= 15 is 4.39 Å². The molecule has 4 saturated heterocycles. The number of nitrogens with zero attached hydrogens (tertiary/aromatic N) is 7. The van der Waals surface area contributed by atoms with Crippen LogP contribution in [-0.4, -0.2) is 143 Å². The molecule has 2 N–H and O–H groups in total. The highest BCUT2D eigenvalue weighted by Crippen LogP contribution is 2.34. The fraction of sp³-hybridized carbons (Fsp3) is 0.488. The molecule has 58 heavy (non-hydrogen) atoms. The first kappa shape index (κ1) is 39.8. The fourth-order valence-electron chi connectivity index (χ4n) is 9.07. The topological polar surface area (TPSA) is 160 Å². The molecule has 5 aliphatic heterocycles. The summed E-state index contributed by atoms with van der Waals surface area (Å²) in [5.74, 6) is -2.02. The van der Waals surface area contributed by atoms with Crippen molar-refractivity contribution in [1.82, 2.24) is 34.7 Å². The minimum absolute atomic E-state index is 0.0595. The number of fused-ring (bicyclic) bond motifs is 1. The molecule has 5 aliphatic rings. The number of carbonyl (C=O) groups is 5. The van der Waals surface area contributed by atoms with Crippen molar-refractivity contribution in [3.05, 3.63) is 85.7 Å². The first-order valence-electron chi connectivity index (χ1n) is 19.8. The number of likely N-dealkylation sites (tertiary alicyclic amines) is 2. The molecule has 15 nitrogen and oxygen atoms in total. The van der Waals surface area contributed by atoms with Crippen LogP contribution in [0.5, 0.6) is 0 Å². The number of piperidine rings is 3. The van der Waals surface area contributed by atoms with Gasteiger partial charge < -0.3 is 20.0 Å². The number of imide groups is 2. The van der Waals surface area contributed by atoms with Crippen LogP contribution in [0.25, 0.3) is 0 Å². The Morgan fingerprint density at radius 3 is 2.34 bits per heavy atom. The van der Waals surface area contributed by atoms with Crippen molar-refractivity contribution < 1.29 is 28.4 Å². The number of anilines is 2. The van der Waals surface area contributed by atoms with Gasteiger partial charge in [-0.25, -0.2) is 9.07 Å². The Balaban J connectivity index is 0.812. The van der Waals surface area contributed by atoms with Crippen LogP contribution in [0.2, 0.25) is 0 Å². The maximum atomic E-state index is 16.3. The van der Waals surface area contributed by atoms with Gasteiger partial charge in [-0.15, -0.1) is 0 Å². The maximum Gasteiger partial charge on any atom is 0.282 e. The molecule has 3 unspecified atom stereocenters. The van der Waals surface area contributed by atoms with Gasteiger partial charge in [0.1, 0.15) is 16.2 Å². The number of likely N-dealkylation sites (N-methyl/N-ethyl adjacent to an activating group) is 1. The van der Waals surface area contributed by atoms with Gasteiger partial charge in [-0.05, 0) is 77.6 Å². The fourth-order valence-corrected chi connectivity index (χ4v) is 9.54. The number of carbonyl (C=O) groups excluding carboxylic acids is 5. The number of halogens is 2. The van der Waals surface area contributed by atoms with Crippen molar-refractivity contribution in [2.24, 2.45) is 7.05 Å². The molecule has 0 saturated carbocycles. The van der Waals surface area contributed by atoms with E-state index in [1.165, 1.54) is 4.68 Å². The summed E-state index contributed by atoms with van der Waals surface area (Å²) in [6, 6.07) is 12.0. The highest BCUT2D eigenvalue weighted by molar-refractivity contribution is 9.10. The van der Waals surface area contributed by atoms with Crippen LogP contribution in [0, 0.1) is 0 Å². The first-order chi connectivity index (χ1) is 27.8. The lowest BCUT2D eigenvalue weighted by Crippen LogP contribution is -2.54. The molecular weight excluding hydrogens is 813 g/mol. The Morgan fingerprint density at radius 2 is 1.64 bits per heavy atom. The second-order valence-corrected chi connectivity index (χ2v) is 17.1. The monoisotopic (exact) mass is 859 g/mol. The summed E-state index contributed by atoms with van der Waals surface area (Å²) in [7, 11) is 3.69. The molecule has 2 aromatic carbocycles. The van der Waals surface area contributed by atoms with Crippen molar-refractivity contribution in [2.45, 2.75) is 55.8 Å². The van der Waals surface area contributed by atoms with E-state index in [1.54, 1.807) is 36.3 Å². The number of aromatic nitrogens is 2. The Bertz CT molecular complexity index is 2200. The highest BCUT2D eigenvalue weighted by Gasteiger charge is 2.45. The number of benzene rings is 2. The van der Waals surface area contributed by atoms with Gasteiger partial charge in [0.05, 0.1) is 23.0 Å². The quantitative estimate of drug-likeness (QED) is 0.321. The summed E-state index contributed by atoms with van der Waals surface area (Å²) >= 11 is 3.41. The first-order valence-corrected chi connectivity index (χ1v) is 20.6. The van der Waals surface area contributed by atoms with E-state index in [-0.39, 0.29) is 66.8 Å². The van der Waals surface area contributed by atoms with Crippen molar-refractivity contribution in [3.63, 3.8) is 0 Å². The molecule has 17 heteroatoms. The molecule has 0 aliphatic carbocycles. The third-order valence-electron chi connectivity index (χ3n) is 12.3. The molecule has 0 spiro atoms. The van der Waals surface area contributed by atoms with Crippen molar-refractivity contribution in [2.75, 3.05) is 76.2 Å². The normalized spacial score (nSPS) is 24.2. The summed E-state index contributed by atoms with van der Waals surface area (Å²) in [6.45, 7) is 5.06. The zero-order valence-corrected chi connectivity index (χ0v) is 34.2. The molecule has 3 atom stereocenters. The predicted molar refractivity (Wildman–Crippen MR) is 217 cm³/mol. The van der Waals surface area contributed by atoms with E-state index in [0.717, 1.165) is 35.7 Å². The molecule has 5 amide bonds. The van der Waals surface area contributed by atoms with Gasteiger partial charge in [-0.3, -0.25) is 43.9 Å². The number of amides is 5. The molecular formula is C41H47BrFN9O6. The molecule has 1 aromatic heterocycles. The Morgan fingerprint density at radius 1 is 0.931 bits per heavy atom. The van der Waals surface area contributed by atoms with Crippen LogP contribution in [0.4, 0.5) is 15.8 Å². The van der Waals surface area contributed by atoms with E-state index in [0.29, 0.717) is 55.0 Å². The van der Waals surface area contributed by atoms with Crippen LogP contribution in [0.3, 0.4) is 0 Å². The number of piperazine rings is 1. The number of hydrogen-bond donors (Lipinski definition) is 2. The number of hydrogen-bond acceptors (Lipinski definition) is 11. The van der Waals surface area contributed by atoms with Gasteiger partial charge >= 0.3 is 0 Å². The van der Waals surface area contributed by atoms with Crippen molar-refractivity contribution >= 4 is 56.8 Å². The van der Waals surface area contributed by atoms with Gasteiger partial charge in [-0.2, -0.15) is 5.10 Å². The van der Waals surface area contributed by atoms with Crippen LogP contribution in [0.15, 0.2) is 57.9 Å². The third-order valence-corrected chi connectivity index (χ3v) is 13.1. The molecule has 3 aromatic rings. The van der Waals surface area contributed by atoms with Crippen LogP contribution in [-0.2, 0) is 16.6 Å². The molecule has 4 fully saturated rings. The predicted octanol–water partition coefficient (Wildman–Crippen LogP) is 2.61. The van der Waals surface area contributed by atoms with Crippen LogP contribution < -0.4 is 21.1 Å². The van der Waals surface area contributed by atoms with E-state index in [4.69, 9.17) is 0 Å². The minimum Gasteiger partial charge on any atom is -0.379 e. The zero-order chi connectivity index (χ0) is 40.9. The highest BCUT2D eigenvalue weighted by atomic mass is 79.9. The number of alkyl halides is 1. The number of nitrogens with one attached hydrogen (secondary N) is 2. The van der Waals surface area contributed by atoms with Crippen LogP contribution in [0.1, 0.15) is 74.7 Å². The average Bonchev–Trinajstić information content (AvgIpc) is 3.46. The smallest absolute Gasteiger partial charge is 0.282 e. The summed E-state index contributed by atoms with van der Waals surface area (Å²) in [6.07, 6.45) is 3.17. The van der Waals surface area contributed by atoms with Crippen LogP contribution >= 0.6 is 15.9 Å². The zero-order valence-electron chi connectivity index (χ0n) is 32.6. The second-order valence-electron chi connectivity index (χ2n) is 16.3. The molecule has 0 bridgehead atoms. The Kier molecular flexibility index (Phi) is 11.0. The van der Waals surface area contributed by atoms with Gasteiger partial charge in [0.25, 0.3) is 23.3 Å². The lowest BCUT2D eigenvalue weighted by molar-refractivity contribution is -0.136. The minimum atomic E-state index is -1.42. The van der Waals surface area contributed by atoms with E-state index in [1.807, 2.05) is 24.3 Å². The van der Waals surface area contributed by atoms with Gasteiger partial charge in [0.15, 0.2) is 0 Å². The lowest BCUT2D eigenvalue weighted by atomic mass is 9.87. The van der Waals surface area contributed by atoms with Gasteiger partial charge in [-0.1, -0.05) is 12.1 Å². The summed E-state index contributed by atoms with van der Waals surface area (Å²) in [4.78, 5) is 85.6. The second kappa shape index (κ2) is 16.0. The van der Waals surface area contributed by atoms with Crippen molar-refractivity contribution in [1.29, 1.82) is 0 Å². The summed E-state index contributed by atoms with van der Waals surface area (Å²) < 4.78 is 18.0. The SMILES string of the molecule is CN1CC(Nc2cnn(C)c(=O)c2Br)CC(c2ccc(C(=O)N3CCC(F)(CN4CCN(c5ccc6c(c5)C(=O)N(C5CCC(=O)NC5=O)C6=O)CC4)CC3)cc2)C1. The lowest BCUT2D eigenvalue weighted by Gasteiger charge is -2.42. The van der Waals surface area contributed by atoms with Gasteiger partial charge in [0, 0.05) is 103 Å². The van der Waals surface area contributed by atoms with E-state index < -0.39 is 35.3 Å². The average molecular weight is 861 g/mol. The Labute approximate surface area is 343 Å². The molecule has 6 heterocycles. The molecule has 0 radical (unpaired) electrons. The number of rotatable bonds is 8. The van der Waals surface area contributed by atoms with Gasteiger partial charge in [0.2, 0.25) is 11.8 Å². The summed E-state index contributed by atoms with van der Waals surface area (Å²) in [5, 5.41) is 9.85. The largest absolute Gasteiger partial charge is 0.379 e.